The van der Waals surface area contributed by atoms with E-state index in [0.717, 1.165) is 33.2 Å². The number of benzene rings is 1. The highest BCUT2D eigenvalue weighted by Crippen LogP contribution is 2.37. The van der Waals surface area contributed by atoms with Crippen LogP contribution < -0.4 is 0 Å². The van der Waals surface area contributed by atoms with Gasteiger partial charge >= 0.3 is 0 Å². The van der Waals surface area contributed by atoms with Crippen LogP contribution in [0, 0.1) is 29.6 Å². The zero-order valence-corrected chi connectivity index (χ0v) is 20.1. The van der Waals surface area contributed by atoms with Gasteiger partial charge in [-0.3, -0.25) is 4.68 Å². The number of hydrogen-bond acceptors (Lipinski definition) is 7. The van der Waals surface area contributed by atoms with Gasteiger partial charge in [-0.25, -0.2) is 4.52 Å². The summed E-state index contributed by atoms with van der Waals surface area (Å²) in [7, 11) is 1.98. The van der Waals surface area contributed by atoms with Gasteiger partial charge in [-0.1, -0.05) is 23.9 Å². The molecule has 0 bridgehead atoms. The molecule has 172 valence electrons. The van der Waals surface area contributed by atoms with Gasteiger partial charge in [-0.05, 0) is 39.1 Å². The molecule has 4 aromatic rings. The third kappa shape index (κ3) is 4.55. The first-order chi connectivity index (χ1) is 16.5. The molecule has 0 amide bonds. The molecule has 1 N–H and O–H groups in total. The van der Waals surface area contributed by atoms with Gasteiger partial charge in [-0.15, -0.1) is 0 Å². The van der Waals surface area contributed by atoms with Crippen LogP contribution in [0.15, 0.2) is 58.7 Å². The van der Waals surface area contributed by atoms with Crippen molar-refractivity contribution in [2.45, 2.75) is 29.7 Å². The minimum Gasteiger partial charge on any atom is -0.395 e. The molecule has 1 aromatic carbocycles. The van der Waals surface area contributed by atoms with Crippen molar-refractivity contribution in [2.75, 3.05) is 26.7 Å². The van der Waals surface area contributed by atoms with Gasteiger partial charge < -0.3 is 10.0 Å². The Labute approximate surface area is 202 Å². The van der Waals surface area contributed by atoms with Gasteiger partial charge in [0.15, 0.2) is 0 Å². The van der Waals surface area contributed by atoms with Gasteiger partial charge in [0, 0.05) is 45.9 Å². The molecule has 0 aliphatic carbocycles. The first kappa shape index (κ1) is 23.5. The maximum atomic E-state index is 9.62. The largest absolute Gasteiger partial charge is 0.395 e. The van der Waals surface area contributed by atoms with Crippen LogP contribution in [-0.2, 0) is 0 Å². The second kappa shape index (κ2) is 10.1. The van der Waals surface area contributed by atoms with E-state index in [9.17, 15) is 15.6 Å². The molecule has 0 fully saturated rings. The fourth-order valence-electron chi connectivity index (χ4n) is 4.10. The van der Waals surface area contributed by atoms with E-state index in [0.29, 0.717) is 23.2 Å². The van der Waals surface area contributed by atoms with Crippen LogP contribution in [0.5, 0.6) is 0 Å². The van der Waals surface area contributed by atoms with Crippen LogP contribution in [0.25, 0.3) is 16.6 Å². The summed E-state index contributed by atoms with van der Waals surface area (Å²) in [5.41, 5.74) is 4.70. The average Bonchev–Trinajstić information content (AvgIpc) is 3.42. The van der Waals surface area contributed by atoms with Crippen molar-refractivity contribution in [3.63, 3.8) is 0 Å². The predicted octanol–water partition coefficient (Wildman–Crippen LogP) is 3.89. The maximum absolute atomic E-state index is 9.62. The van der Waals surface area contributed by atoms with Crippen molar-refractivity contribution in [1.82, 2.24) is 24.3 Å². The zero-order valence-electron chi connectivity index (χ0n) is 19.3. The molecule has 0 aliphatic heterocycles. The molecule has 0 unspecified atom stereocenters. The number of rotatable bonds is 8. The van der Waals surface area contributed by atoms with E-state index in [-0.39, 0.29) is 12.6 Å². The Bertz CT molecular complexity index is 1410. The number of aliphatic hydroxyl groups excluding tert-OH is 1. The zero-order chi connectivity index (χ0) is 24.2. The SMILES string of the molecule is Cc1c(-c2cc(Sc3ccccc3C#N)c3c(C#N)cnn3c2)cnn1[C@@H](C)CN(C)CCO. The van der Waals surface area contributed by atoms with Crippen LogP contribution in [0.3, 0.4) is 0 Å². The lowest BCUT2D eigenvalue weighted by Gasteiger charge is -2.22. The number of pyridine rings is 1. The Morgan fingerprint density at radius 2 is 1.88 bits per heavy atom. The van der Waals surface area contributed by atoms with E-state index in [1.165, 1.54) is 11.8 Å². The molecule has 8 nitrogen and oxygen atoms in total. The summed E-state index contributed by atoms with van der Waals surface area (Å²) < 4.78 is 3.72. The molecule has 0 spiro atoms. The third-order valence-corrected chi connectivity index (χ3v) is 6.86. The lowest BCUT2D eigenvalue weighted by molar-refractivity contribution is 0.202. The molecule has 9 heteroatoms. The smallest absolute Gasteiger partial charge is 0.103 e. The van der Waals surface area contributed by atoms with Gasteiger partial charge in [0.25, 0.3) is 0 Å². The predicted molar refractivity (Wildman–Crippen MR) is 130 cm³/mol. The van der Waals surface area contributed by atoms with Crippen LogP contribution in [0.2, 0.25) is 0 Å². The summed E-state index contributed by atoms with van der Waals surface area (Å²) in [5.74, 6) is 0. The Morgan fingerprint density at radius 3 is 2.62 bits per heavy atom. The average molecular weight is 472 g/mol. The van der Waals surface area contributed by atoms with E-state index < -0.39 is 0 Å². The summed E-state index contributed by atoms with van der Waals surface area (Å²) in [6.45, 7) is 5.64. The van der Waals surface area contributed by atoms with Crippen molar-refractivity contribution < 1.29 is 5.11 Å². The van der Waals surface area contributed by atoms with E-state index in [2.05, 4.69) is 34.2 Å². The number of nitriles is 2. The standard InChI is InChI=1S/C25H25N7OS/c1-17(15-30(3)8-9-33)32-18(2)22(14-29-32)20-10-24(25-21(12-27)13-28-31(25)16-20)34-23-7-5-4-6-19(23)11-26/h4-7,10,13-14,16-17,33H,8-9,15H2,1-3H3/t17-/m0/s1. The number of nitrogens with zero attached hydrogens (tertiary/aromatic N) is 7. The minimum atomic E-state index is 0.122. The fraction of sp³-hybridized carbons (Fsp3) is 0.280. The Balaban J connectivity index is 1.77. The minimum absolute atomic E-state index is 0.122. The molecule has 0 radical (unpaired) electrons. The number of fused-ring (bicyclic) bond motifs is 1. The van der Waals surface area contributed by atoms with E-state index in [1.54, 1.807) is 16.8 Å². The topological polar surface area (TPSA) is 106 Å². The number of aromatic nitrogens is 4. The van der Waals surface area contributed by atoms with Crippen LogP contribution in [-0.4, -0.2) is 56.1 Å². The normalized spacial score (nSPS) is 12.1. The molecule has 3 aromatic heterocycles. The highest BCUT2D eigenvalue weighted by Gasteiger charge is 2.19. The molecule has 0 saturated carbocycles. The molecule has 0 aliphatic rings. The van der Waals surface area contributed by atoms with Crippen LogP contribution in [0.4, 0.5) is 0 Å². The number of likely N-dealkylation sites (N-methyl/N-ethyl adjacent to an activating group) is 1. The molecule has 1 atom stereocenters. The second-order valence-corrected chi connectivity index (χ2v) is 9.27. The van der Waals surface area contributed by atoms with Crippen molar-refractivity contribution >= 4 is 17.3 Å². The quantitative estimate of drug-likeness (QED) is 0.415. The van der Waals surface area contributed by atoms with Crippen molar-refractivity contribution in [3.05, 3.63) is 65.7 Å². The van der Waals surface area contributed by atoms with Crippen molar-refractivity contribution in [1.29, 1.82) is 10.5 Å². The monoisotopic (exact) mass is 471 g/mol. The van der Waals surface area contributed by atoms with Gasteiger partial charge in [0.05, 0.1) is 41.7 Å². The fourth-order valence-corrected chi connectivity index (χ4v) is 5.19. The molecule has 34 heavy (non-hydrogen) atoms. The Morgan fingerprint density at radius 1 is 1.12 bits per heavy atom. The first-order valence-corrected chi connectivity index (χ1v) is 11.7. The second-order valence-electron chi connectivity index (χ2n) is 8.19. The summed E-state index contributed by atoms with van der Waals surface area (Å²) in [5, 5.41) is 37.4. The van der Waals surface area contributed by atoms with Gasteiger partial charge in [0.1, 0.15) is 12.1 Å². The summed E-state index contributed by atoms with van der Waals surface area (Å²) >= 11 is 1.45. The molecule has 0 saturated heterocycles. The van der Waals surface area contributed by atoms with Gasteiger partial charge in [0.2, 0.25) is 0 Å². The molecular formula is C25H25N7OS. The summed E-state index contributed by atoms with van der Waals surface area (Å²) in [6, 6.07) is 14.1. The highest BCUT2D eigenvalue weighted by molar-refractivity contribution is 7.99. The summed E-state index contributed by atoms with van der Waals surface area (Å²) in [6.07, 6.45) is 5.33. The van der Waals surface area contributed by atoms with E-state index in [1.807, 2.05) is 55.3 Å². The Hall–Kier alpha value is -3.63. The lowest BCUT2D eigenvalue weighted by atomic mass is 10.1. The molecule has 4 rings (SSSR count). The third-order valence-electron chi connectivity index (χ3n) is 5.76. The van der Waals surface area contributed by atoms with Crippen LogP contribution in [0.1, 0.15) is 29.8 Å². The lowest BCUT2D eigenvalue weighted by Crippen LogP contribution is -2.29. The van der Waals surface area contributed by atoms with Gasteiger partial charge in [-0.2, -0.15) is 20.7 Å². The number of hydrogen-bond donors (Lipinski definition) is 1. The van der Waals surface area contributed by atoms with E-state index >= 15 is 0 Å². The summed E-state index contributed by atoms with van der Waals surface area (Å²) in [4.78, 5) is 3.74. The maximum Gasteiger partial charge on any atom is 0.103 e. The van der Waals surface area contributed by atoms with E-state index in [4.69, 9.17) is 0 Å². The van der Waals surface area contributed by atoms with Crippen molar-refractivity contribution in [2.24, 2.45) is 0 Å². The van der Waals surface area contributed by atoms with Crippen molar-refractivity contribution in [3.8, 4) is 23.3 Å². The first-order valence-electron chi connectivity index (χ1n) is 10.9. The Kier molecular flexibility index (Phi) is 6.99. The van der Waals surface area contributed by atoms with Crippen LogP contribution >= 0.6 is 11.8 Å². The molecular weight excluding hydrogens is 446 g/mol. The molecule has 3 heterocycles. The number of aliphatic hydroxyl groups is 1. The highest BCUT2D eigenvalue weighted by atomic mass is 32.2.